The van der Waals surface area contributed by atoms with Crippen LogP contribution in [-0.2, 0) is 14.6 Å². The average Bonchev–Trinajstić information content (AvgIpc) is 2.54. The molecule has 138 valence electrons. The number of carboxylic acid groups (broad SMARTS) is 1. The van der Waals surface area contributed by atoms with E-state index in [0.29, 0.717) is 5.92 Å². The van der Waals surface area contributed by atoms with Gasteiger partial charge in [-0.3, -0.25) is 4.79 Å². The largest absolute Gasteiger partial charge is 0.478 e. The van der Waals surface area contributed by atoms with Gasteiger partial charge >= 0.3 is 5.97 Å². The highest BCUT2D eigenvalue weighted by atomic mass is 32.2. The van der Waals surface area contributed by atoms with Crippen molar-refractivity contribution >= 4 is 27.4 Å². The van der Waals surface area contributed by atoms with E-state index >= 15 is 0 Å². The second-order valence-electron chi connectivity index (χ2n) is 6.95. The van der Waals surface area contributed by atoms with Crippen molar-refractivity contribution in [2.75, 3.05) is 11.6 Å². The second-order valence-corrected chi connectivity index (χ2v) is 8.97. The fraction of sp³-hybridized carbons (Fsp3) is 0.556. The van der Waals surface area contributed by atoms with Crippen LogP contribution in [0.15, 0.2) is 23.1 Å². The smallest absolute Gasteiger partial charge is 0.335 e. The van der Waals surface area contributed by atoms with E-state index in [9.17, 15) is 18.0 Å². The van der Waals surface area contributed by atoms with Gasteiger partial charge in [-0.1, -0.05) is 39.0 Å². The van der Waals surface area contributed by atoms with E-state index in [4.69, 9.17) is 5.11 Å². The number of carboxylic acids is 1. The lowest BCUT2D eigenvalue weighted by Crippen LogP contribution is -2.24. The molecule has 0 aromatic heterocycles. The molecule has 0 bridgehead atoms. The molecule has 25 heavy (non-hydrogen) atoms. The van der Waals surface area contributed by atoms with Crippen LogP contribution in [0.5, 0.6) is 0 Å². The molecule has 2 N–H and O–H groups in total. The number of nitrogens with one attached hydrogen (secondary N) is 1. The van der Waals surface area contributed by atoms with E-state index < -0.39 is 15.8 Å². The molecule has 0 heterocycles. The molecular weight excluding hydrogens is 342 g/mol. The van der Waals surface area contributed by atoms with E-state index in [1.54, 1.807) is 0 Å². The maximum atomic E-state index is 12.4. The summed E-state index contributed by atoms with van der Waals surface area (Å²) in [5, 5.41) is 11.8. The lowest BCUT2D eigenvalue weighted by Gasteiger charge is -2.24. The summed E-state index contributed by atoms with van der Waals surface area (Å²) in [6, 6.07) is 3.67. The molecule has 1 fully saturated rings. The van der Waals surface area contributed by atoms with Gasteiger partial charge in [-0.2, -0.15) is 0 Å². The van der Waals surface area contributed by atoms with Gasteiger partial charge in [0, 0.05) is 17.9 Å². The number of amides is 1. The molecule has 0 aliphatic heterocycles. The minimum Gasteiger partial charge on any atom is -0.478 e. The summed E-state index contributed by atoms with van der Waals surface area (Å²) in [4.78, 5) is 23.5. The van der Waals surface area contributed by atoms with E-state index in [-0.39, 0.29) is 28.0 Å². The number of carbonyl (C=O) groups excluding carboxylic acids is 1. The standard InChI is InChI=1S/C18H25NO5S/c1-12(8-13-6-4-3-5-7-13)17(20)19-15-9-14(18(21)22)10-16(11-15)25(2,23)24/h9-13H,3-8H2,1-2H3,(H,19,20)(H,21,22). The Balaban J connectivity index is 2.13. The Morgan fingerprint density at radius 1 is 1.20 bits per heavy atom. The summed E-state index contributed by atoms with van der Waals surface area (Å²) in [5.74, 6) is -1.12. The maximum absolute atomic E-state index is 12.4. The molecule has 1 atom stereocenters. The first kappa shape index (κ1) is 19.4. The Bertz CT molecular complexity index is 751. The minimum atomic E-state index is -3.57. The quantitative estimate of drug-likeness (QED) is 0.803. The minimum absolute atomic E-state index is 0.123. The van der Waals surface area contributed by atoms with E-state index in [2.05, 4.69) is 5.32 Å². The van der Waals surface area contributed by atoms with Crippen molar-refractivity contribution in [2.24, 2.45) is 11.8 Å². The molecule has 1 amide bonds. The molecule has 1 aliphatic carbocycles. The fourth-order valence-electron chi connectivity index (χ4n) is 3.30. The summed E-state index contributed by atoms with van der Waals surface area (Å²) in [7, 11) is -3.57. The molecule has 2 rings (SSSR count). The predicted molar refractivity (Wildman–Crippen MR) is 95.5 cm³/mol. The summed E-state index contributed by atoms with van der Waals surface area (Å²) in [6.45, 7) is 1.85. The molecule has 1 aromatic rings. The summed E-state index contributed by atoms with van der Waals surface area (Å²) < 4.78 is 23.5. The first-order valence-electron chi connectivity index (χ1n) is 8.56. The SMILES string of the molecule is CC(CC1CCCCC1)C(=O)Nc1cc(C(=O)O)cc(S(C)(=O)=O)c1. The van der Waals surface area contributed by atoms with Crippen molar-refractivity contribution in [1.29, 1.82) is 0 Å². The van der Waals surface area contributed by atoms with Gasteiger partial charge in [-0.15, -0.1) is 0 Å². The third-order valence-corrected chi connectivity index (χ3v) is 5.80. The number of aromatic carboxylic acids is 1. The molecule has 1 saturated carbocycles. The number of sulfone groups is 1. The molecule has 7 heteroatoms. The monoisotopic (exact) mass is 367 g/mol. The average molecular weight is 367 g/mol. The van der Waals surface area contributed by atoms with Crippen LogP contribution in [0.1, 0.15) is 55.8 Å². The third-order valence-electron chi connectivity index (χ3n) is 4.71. The van der Waals surface area contributed by atoms with Gasteiger partial charge in [0.15, 0.2) is 9.84 Å². The Morgan fingerprint density at radius 2 is 1.84 bits per heavy atom. The number of anilines is 1. The normalized spacial score (nSPS) is 17.0. The van der Waals surface area contributed by atoms with Gasteiger partial charge in [0.25, 0.3) is 0 Å². The van der Waals surface area contributed by atoms with Gasteiger partial charge in [0.2, 0.25) is 5.91 Å². The van der Waals surface area contributed by atoms with Gasteiger partial charge in [-0.05, 0) is 30.5 Å². The van der Waals surface area contributed by atoms with Crippen molar-refractivity contribution in [2.45, 2.75) is 50.3 Å². The zero-order valence-corrected chi connectivity index (χ0v) is 15.4. The number of benzene rings is 1. The molecule has 1 aromatic carbocycles. The van der Waals surface area contributed by atoms with Crippen LogP contribution in [0.2, 0.25) is 0 Å². The van der Waals surface area contributed by atoms with Crippen molar-refractivity contribution in [1.82, 2.24) is 0 Å². The number of hydrogen-bond donors (Lipinski definition) is 2. The van der Waals surface area contributed by atoms with Crippen LogP contribution < -0.4 is 5.32 Å². The highest BCUT2D eigenvalue weighted by Gasteiger charge is 2.22. The van der Waals surface area contributed by atoms with Crippen molar-refractivity contribution < 1.29 is 23.1 Å². The zero-order chi connectivity index (χ0) is 18.6. The summed E-state index contributed by atoms with van der Waals surface area (Å²) in [5.41, 5.74) is 0.0268. The predicted octanol–water partition coefficient (Wildman–Crippen LogP) is 3.33. The van der Waals surface area contributed by atoms with Crippen LogP contribution in [0.3, 0.4) is 0 Å². The first-order valence-corrected chi connectivity index (χ1v) is 10.5. The van der Waals surface area contributed by atoms with Crippen molar-refractivity contribution in [3.63, 3.8) is 0 Å². The van der Waals surface area contributed by atoms with E-state index in [1.807, 2.05) is 6.92 Å². The molecule has 0 radical (unpaired) electrons. The molecule has 1 unspecified atom stereocenters. The molecule has 0 saturated heterocycles. The Morgan fingerprint density at radius 3 is 2.40 bits per heavy atom. The summed E-state index contributed by atoms with van der Waals surface area (Å²) in [6.07, 6.45) is 7.76. The lowest BCUT2D eigenvalue weighted by molar-refractivity contribution is -0.120. The molecule has 6 nitrogen and oxygen atoms in total. The maximum Gasteiger partial charge on any atom is 0.335 e. The van der Waals surface area contributed by atoms with Gasteiger partial charge in [0.05, 0.1) is 10.5 Å². The number of rotatable bonds is 6. The Labute approximate surface area is 148 Å². The van der Waals surface area contributed by atoms with E-state index in [0.717, 1.165) is 31.6 Å². The number of hydrogen-bond acceptors (Lipinski definition) is 4. The van der Waals surface area contributed by atoms with Crippen LogP contribution in [0.25, 0.3) is 0 Å². The summed E-state index contributed by atoms with van der Waals surface area (Å²) >= 11 is 0. The number of carbonyl (C=O) groups is 2. The van der Waals surface area contributed by atoms with E-state index in [1.165, 1.54) is 31.4 Å². The highest BCUT2D eigenvalue weighted by molar-refractivity contribution is 7.90. The van der Waals surface area contributed by atoms with Gasteiger partial charge in [-0.25, -0.2) is 13.2 Å². The van der Waals surface area contributed by atoms with Crippen LogP contribution in [-0.4, -0.2) is 31.7 Å². The van der Waals surface area contributed by atoms with Crippen LogP contribution in [0, 0.1) is 11.8 Å². The molecule has 0 spiro atoms. The third kappa shape index (κ3) is 5.56. The van der Waals surface area contributed by atoms with Crippen LogP contribution in [0.4, 0.5) is 5.69 Å². The lowest BCUT2D eigenvalue weighted by atomic mass is 9.83. The second kappa shape index (κ2) is 7.99. The first-order chi connectivity index (χ1) is 11.7. The Hall–Kier alpha value is -1.89. The fourth-order valence-corrected chi connectivity index (χ4v) is 3.99. The molecule has 1 aliphatic rings. The van der Waals surface area contributed by atoms with Crippen molar-refractivity contribution in [3.05, 3.63) is 23.8 Å². The topological polar surface area (TPSA) is 101 Å². The van der Waals surface area contributed by atoms with Crippen molar-refractivity contribution in [3.8, 4) is 0 Å². The zero-order valence-electron chi connectivity index (χ0n) is 14.6. The van der Waals surface area contributed by atoms with Gasteiger partial charge < -0.3 is 10.4 Å². The molecular formula is C18H25NO5S. The van der Waals surface area contributed by atoms with Gasteiger partial charge in [0.1, 0.15) is 0 Å². The van der Waals surface area contributed by atoms with Crippen LogP contribution >= 0.6 is 0 Å². The Kier molecular flexibility index (Phi) is 6.21. The highest BCUT2D eigenvalue weighted by Crippen LogP contribution is 2.29.